The van der Waals surface area contributed by atoms with E-state index in [1.165, 1.54) is 0 Å². The Bertz CT molecular complexity index is 1090. The largest absolute Gasteiger partial charge is 0.471 e. The van der Waals surface area contributed by atoms with Crippen molar-refractivity contribution in [1.29, 1.82) is 0 Å². The zero-order chi connectivity index (χ0) is 21.5. The van der Waals surface area contributed by atoms with Crippen LogP contribution in [0.3, 0.4) is 0 Å². The first-order valence-electron chi connectivity index (χ1n) is 10.5. The van der Waals surface area contributed by atoms with Gasteiger partial charge in [-0.15, -0.1) is 0 Å². The molecule has 1 amide bonds. The van der Waals surface area contributed by atoms with Gasteiger partial charge in [0.2, 0.25) is 5.88 Å². The predicted octanol–water partition coefficient (Wildman–Crippen LogP) is 1.89. The minimum absolute atomic E-state index is 0.0888. The molecule has 2 aliphatic rings. The van der Waals surface area contributed by atoms with Crippen molar-refractivity contribution in [2.24, 2.45) is 0 Å². The highest BCUT2D eigenvalue weighted by Gasteiger charge is 2.51. The Labute approximate surface area is 173 Å². The van der Waals surface area contributed by atoms with Crippen molar-refractivity contribution in [2.75, 3.05) is 6.54 Å². The van der Waals surface area contributed by atoms with Crippen LogP contribution in [0.25, 0.3) is 0 Å². The van der Waals surface area contributed by atoms with Crippen LogP contribution in [0.2, 0.25) is 0 Å². The van der Waals surface area contributed by atoms with Gasteiger partial charge in [-0.1, -0.05) is 20.3 Å². The topological polar surface area (TPSA) is 130 Å². The molecule has 3 N–H and O–H groups in total. The van der Waals surface area contributed by atoms with Gasteiger partial charge in [0.1, 0.15) is 11.4 Å². The molecule has 0 aromatic carbocycles. The maximum absolute atomic E-state index is 12.7. The highest BCUT2D eigenvalue weighted by Crippen LogP contribution is 2.51. The van der Waals surface area contributed by atoms with Gasteiger partial charge in [-0.05, 0) is 26.2 Å². The molecule has 1 aliphatic carbocycles. The number of fused-ring (bicyclic) bond motifs is 3. The van der Waals surface area contributed by atoms with Crippen LogP contribution in [0.1, 0.15) is 85.2 Å². The second-order valence-corrected chi connectivity index (χ2v) is 8.50. The molecule has 1 fully saturated rings. The Morgan fingerprint density at radius 3 is 2.87 bits per heavy atom. The third-order valence-corrected chi connectivity index (χ3v) is 6.17. The number of carbonyl (C=O) groups is 1. The molecule has 0 spiro atoms. The van der Waals surface area contributed by atoms with Crippen LogP contribution in [-0.4, -0.2) is 38.0 Å². The smallest absolute Gasteiger partial charge is 0.328 e. The Hall–Kier alpha value is -2.97. The molecular weight excluding hydrogens is 386 g/mol. The van der Waals surface area contributed by atoms with E-state index in [-0.39, 0.29) is 29.2 Å². The van der Waals surface area contributed by atoms with Gasteiger partial charge < -0.3 is 10.1 Å². The quantitative estimate of drug-likeness (QED) is 0.686. The van der Waals surface area contributed by atoms with E-state index in [1.54, 1.807) is 13.1 Å². The summed E-state index contributed by atoms with van der Waals surface area (Å²) < 4.78 is 6.16. The molecule has 2 aromatic rings. The Morgan fingerprint density at radius 1 is 1.33 bits per heavy atom. The molecule has 0 saturated heterocycles. The third kappa shape index (κ3) is 3.53. The minimum Gasteiger partial charge on any atom is -0.471 e. The number of nitrogens with zero attached hydrogens (tertiary/aromatic N) is 2. The van der Waals surface area contributed by atoms with Crippen LogP contribution in [0, 0.1) is 6.92 Å². The number of aromatic amines is 2. The first-order chi connectivity index (χ1) is 14.3. The first kappa shape index (κ1) is 20.3. The van der Waals surface area contributed by atoms with Gasteiger partial charge in [-0.3, -0.25) is 19.6 Å². The molecule has 30 heavy (non-hydrogen) atoms. The van der Waals surface area contributed by atoms with Gasteiger partial charge >= 0.3 is 5.69 Å². The van der Waals surface area contributed by atoms with E-state index in [4.69, 9.17) is 4.74 Å². The maximum atomic E-state index is 12.7. The van der Waals surface area contributed by atoms with E-state index >= 15 is 0 Å². The van der Waals surface area contributed by atoms with Crippen LogP contribution < -0.4 is 21.3 Å². The summed E-state index contributed by atoms with van der Waals surface area (Å²) in [6, 6.07) is 0. The van der Waals surface area contributed by atoms with Gasteiger partial charge in [0.15, 0.2) is 0 Å². The summed E-state index contributed by atoms with van der Waals surface area (Å²) in [5.74, 6) is 0.862. The van der Waals surface area contributed by atoms with E-state index < -0.39 is 11.3 Å². The summed E-state index contributed by atoms with van der Waals surface area (Å²) in [4.78, 5) is 50.3. The number of rotatable bonds is 5. The summed E-state index contributed by atoms with van der Waals surface area (Å²) in [5.41, 5.74) is 0.0833. The molecule has 0 unspecified atom stereocenters. The van der Waals surface area contributed by atoms with Gasteiger partial charge in [0.25, 0.3) is 11.5 Å². The fraction of sp³-hybridized carbons (Fsp3) is 0.571. The van der Waals surface area contributed by atoms with E-state index in [2.05, 4.69) is 25.3 Å². The molecule has 9 nitrogen and oxygen atoms in total. The van der Waals surface area contributed by atoms with E-state index in [0.29, 0.717) is 35.6 Å². The van der Waals surface area contributed by atoms with Crippen LogP contribution in [0.4, 0.5) is 0 Å². The summed E-state index contributed by atoms with van der Waals surface area (Å²) in [6.07, 6.45) is 5.68. The van der Waals surface area contributed by atoms with Crippen LogP contribution in [0.15, 0.2) is 15.8 Å². The number of amides is 1. The molecule has 9 heteroatoms. The number of aryl methyl sites for hydroxylation is 1. The highest BCUT2D eigenvalue weighted by atomic mass is 16.5. The van der Waals surface area contributed by atoms with E-state index in [9.17, 15) is 14.4 Å². The lowest BCUT2D eigenvalue weighted by Gasteiger charge is -2.38. The van der Waals surface area contributed by atoms with Crippen molar-refractivity contribution >= 4 is 5.91 Å². The number of hydrogen-bond donors (Lipinski definition) is 3. The van der Waals surface area contributed by atoms with Crippen LogP contribution >= 0.6 is 0 Å². The van der Waals surface area contributed by atoms with Gasteiger partial charge in [0.05, 0.1) is 16.8 Å². The lowest BCUT2D eigenvalue weighted by molar-refractivity contribution is 0.0245. The van der Waals surface area contributed by atoms with Crippen LogP contribution in [-0.2, 0) is 0 Å². The Balaban J connectivity index is 1.48. The normalized spacial score (nSPS) is 22.3. The maximum Gasteiger partial charge on any atom is 0.328 e. The van der Waals surface area contributed by atoms with Gasteiger partial charge in [-0.2, -0.15) is 0 Å². The number of H-pyrrole nitrogens is 2. The summed E-state index contributed by atoms with van der Waals surface area (Å²) in [5, 5.41) is 2.94. The fourth-order valence-corrected chi connectivity index (χ4v) is 4.63. The molecule has 3 heterocycles. The molecule has 4 rings (SSSR count). The molecule has 2 atom stereocenters. The van der Waals surface area contributed by atoms with Crippen LogP contribution in [0.5, 0.6) is 5.88 Å². The zero-order valence-corrected chi connectivity index (χ0v) is 17.5. The predicted molar refractivity (Wildman–Crippen MR) is 110 cm³/mol. The molecule has 160 valence electrons. The lowest BCUT2D eigenvalue weighted by Crippen LogP contribution is -2.44. The van der Waals surface area contributed by atoms with E-state index in [1.807, 2.05) is 13.8 Å². The lowest BCUT2D eigenvalue weighted by atomic mass is 9.72. The van der Waals surface area contributed by atoms with Crippen molar-refractivity contribution in [3.8, 4) is 5.88 Å². The number of nitrogens with one attached hydrogen (secondary N) is 3. The van der Waals surface area contributed by atoms with Crippen molar-refractivity contribution in [3.05, 3.63) is 49.7 Å². The summed E-state index contributed by atoms with van der Waals surface area (Å²) >= 11 is 0. The Kier molecular flexibility index (Phi) is 5.21. The fourth-order valence-electron chi connectivity index (χ4n) is 4.63. The van der Waals surface area contributed by atoms with Crippen molar-refractivity contribution in [3.63, 3.8) is 0 Å². The van der Waals surface area contributed by atoms with Crippen molar-refractivity contribution in [2.45, 2.75) is 70.3 Å². The number of hydrogen-bond acceptors (Lipinski definition) is 6. The summed E-state index contributed by atoms with van der Waals surface area (Å²) in [6.45, 7) is 6.20. The van der Waals surface area contributed by atoms with Crippen molar-refractivity contribution in [1.82, 2.24) is 25.3 Å². The molecule has 0 bridgehead atoms. The number of ether oxygens (including phenoxy) is 1. The minimum atomic E-state index is -0.585. The zero-order valence-electron chi connectivity index (χ0n) is 17.5. The highest BCUT2D eigenvalue weighted by molar-refractivity contribution is 5.94. The van der Waals surface area contributed by atoms with Crippen molar-refractivity contribution < 1.29 is 9.53 Å². The molecule has 1 aliphatic heterocycles. The number of carbonyl (C=O) groups excluding carboxylic acids is 1. The third-order valence-electron chi connectivity index (χ3n) is 6.17. The SMILES string of the molecule is Cc1nc(C(C)C)ncc1C(=O)NCC[C@@]12CCCC[C@@H]1c1c([nH]c(=O)[nH]c1=O)O2. The summed E-state index contributed by atoms with van der Waals surface area (Å²) in [7, 11) is 0. The van der Waals surface area contributed by atoms with Gasteiger partial charge in [-0.25, -0.2) is 14.8 Å². The first-order valence-corrected chi connectivity index (χ1v) is 10.5. The Morgan fingerprint density at radius 2 is 2.13 bits per heavy atom. The average molecular weight is 413 g/mol. The molecule has 1 saturated carbocycles. The van der Waals surface area contributed by atoms with Gasteiger partial charge in [0, 0.05) is 31.0 Å². The monoisotopic (exact) mass is 413 g/mol. The standard InChI is InChI=1S/C21H27N5O4/c1-11(2)16-23-10-13(12(3)24-16)17(27)22-9-8-21-7-5-4-6-14(21)15-18(28)25-20(29)26-19(15)30-21/h10-11,14H,4-9H2,1-3H3,(H,22,27)(H2,25,26,28,29)/t14-,21+/m1/s1. The average Bonchev–Trinajstić information content (AvgIpc) is 3.01. The molecule has 0 radical (unpaired) electrons. The second-order valence-electron chi connectivity index (χ2n) is 8.50. The molecular formula is C21H27N5O4. The van der Waals surface area contributed by atoms with E-state index in [0.717, 1.165) is 25.7 Å². The second kappa shape index (κ2) is 7.70. The molecule has 2 aromatic heterocycles. The number of aromatic nitrogens is 4.